The monoisotopic (exact) mass is 471 g/mol. The smallest absolute Gasteiger partial charge is 0.243 e. The third kappa shape index (κ3) is 5.68. The number of carbonyl (C=O) groups excluding carboxylic acids is 1. The summed E-state index contributed by atoms with van der Waals surface area (Å²) >= 11 is 0. The summed E-state index contributed by atoms with van der Waals surface area (Å²) in [6.45, 7) is 2.91. The number of nitrogens with one attached hydrogen (secondary N) is 1. The molecule has 0 saturated carbocycles. The largest absolute Gasteiger partial charge is 0.497 e. The lowest BCUT2D eigenvalue weighted by Gasteiger charge is -2.31. The summed E-state index contributed by atoms with van der Waals surface area (Å²) in [6, 6.07) is 12.6. The molecule has 0 spiro atoms. The molecule has 0 radical (unpaired) electrons. The highest BCUT2D eigenvalue weighted by atomic mass is 32.2. The molecule has 33 heavy (non-hydrogen) atoms. The van der Waals surface area contributed by atoms with Gasteiger partial charge in [0.15, 0.2) is 0 Å². The van der Waals surface area contributed by atoms with E-state index in [2.05, 4.69) is 10.2 Å². The lowest BCUT2D eigenvalue weighted by Crippen LogP contribution is -2.36. The maximum Gasteiger partial charge on any atom is 0.243 e. The first-order chi connectivity index (χ1) is 16.0. The number of amides is 1. The zero-order valence-electron chi connectivity index (χ0n) is 19.3. The van der Waals surface area contributed by atoms with Crippen LogP contribution in [0.2, 0.25) is 0 Å². The molecular weight excluding hydrogens is 438 g/mol. The summed E-state index contributed by atoms with van der Waals surface area (Å²) in [5.74, 6) is 0.563. The van der Waals surface area contributed by atoms with E-state index in [-0.39, 0.29) is 17.2 Å². The Bertz CT molecular complexity index is 1060. The van der Waals surface area contributed by atoms with Gasteiger partial charge in [-0.15, -0.1) is 0 Å². The Hall–Kier alpha value is -2.58. The fraction of sp³-hybridized carbons (Fsp3) is 0.480. The van der Waals surface area contributed by atoms with Crippen molar-refractivity contribution in [3.05, 3.63) is 48.0 Å². The van der Waals surface area contributed by atoms with Crippen molar-refractivity contribution in [2.45, 2.75) is 49.8 Å². The maximum absolute atomic E-state index is 13.3. The van der Waals surface area contributed by atoms with Gasteiger partial charge in [-0.3, -0.25) is 4.79 Å². The first kappa shape index (κ1) is 23.6. The molecule has 2 aliphatic rings. The Kier molecular flexibility index (Phi) is 7.55. The van der Waals surface area contributed by atoms with E-state index in [0.717, 1.165) is 62.2 Å². The van der Waals surface area contributed by atoms with Crippen molar-refractivity contribution < 1.29 is 17.9 Å². The van der Waals surface area contributed by atoms with Gasteiger partial charge in [-0.1, -0.05) is 18.6 Å². The van der Waals surface area contributed by atoms with Crippen LogP contribution < -0.4 is 15.0 Å². The van der Waals surface area contributed by atoms with Gasteiger partial charge in [-0.2, -0.15) is 4.31 Å². The van der Waals surface area contributed by atoms with E-state index in [1.807, 2.05) is 30.3 Å². The Labute approximate surface area is 196 Å². The van der Waals surface area contributed by atoms with Crippen molar-refractivity contribution in [2.75, 3.05) is 43.5 Å². The SMILES string of the molecule is COc1ccc(CC(=O)Nc2cc(S(=O)(=O)N3CCCCC3)ccc2N2CCCCC2)cc1. The Morgan fingerprint density at radius 1 is 0.909 bits per heavy atom. The van der Waals surface area contributed by atoms with Gasteiger partial charge in [0.05, 0.1) is 29.8 Å². The van der Waals surface area contributed by atoms with Crippen LogP contribution in [0.15, 0.2) is 47.4 Å². The van der Waals surface area contributed by atoms with E-state index >= 15 is 0 Å². The number of carbonyl (C=O) groups is 1. The molecule has 2 saturated heterocycles. The molecule has 0 bridgehead atoms. The number of nitrogens with zero attached hydrogens (tertiary/aromatic N) is 2. The Morgan fingerprint density at radius 2 is 1.55 bits per heavy atom. The minimum absolute atomic E-state index is 0.175. The molecule has 2 heterocycles. The fourth-order valence-corrected chi connectivity index (χ4v) is 6.11. The highest BCUT2D eigenvalue weighted by Crippen LogP contribution is 2.33. The lowest BCUT2D eigenvalue weighted by atomic mass is 10.1. The van der Waals surface area contributed by atoms with Crippen molar-refractivity contribution in [2.24, 2.45) is 0 Å². The van der Waals surface area contributed by atoms with Crippen LogP contribution in [0.1, 0.15) is 44.1 Å². The van der Waals surface area contributed by atoms with Crippen molar-refractivity contribution in [3.63, 3.8) is 0 Å². The molecule has 0 unspecified atom stereocenters. The van der Waals surface area contributed by atoms with E-state index in [4.69, 9.17) is 4.74 Å². The van der Waals surface area contributed by atoms with Crippen molar-refractivity contribution >= 4 is 27.3 Å². The summed E-state index contributed by atoms with van der Waals surface area (Å²) < 4.78 is 33.2. The highest BCUT2D eigenvalue weighted by Gasteiger charge is 2.27. The maximum atomic E-state index is 13.3. The highest BCUT2D eigenvalue weighted by molar-refractivity contribution is 7.89. The van der Waals surface area contributed by atoms with Crippen LogP contribution in [-0.4, -0.2) is 51.9 Å². The Balaban J connectivity index is 1.59. The first-order valence-electron chi connectivity index (χ1n) is 11.8. The minimum Gasteiger partial charge on any atom is -0.497 e. The predicted octanol–water partition coefficient (Wildman–Crippen LogP) is 4.04. The molecular formula is C25H33N3O4S. The third-order valence-electron chi connectivity index (χ3n) is 6.42. The van der Waals surface area contributed by atoms with Crippen LogP contribution in [0.5, 0.6) is 5.75 Å². The van der Waals surface area contributed by atoms with Crippen LogP contribution in [0.4, 0.5) is 11.4 Å². The number of methoxy groups -OCH3 is 1. The molecule has 8 heteroatoms. The van der Waals surface area contributed by atoms with E-state index in [1.54, 1.807) is 23.5 Å². The van der Waals surface area contributed by atoms with Gasteiger partial charge < -0.3 is 15.0 Å². The van der Waals surface area contributed by atoms with Crippen LogP contribution >= 0.6 is 0 Å². The normalized spacial score (nSPS) is 17.5. The molecule has 2 aromatic rings. The standard InChI is InChI=1S/C25H33N3O4S/c1-32-21-10-8-20(9-11-21)18-25(29)26-23-19-22(33(30,31)28-16-6-3-7-17-28)12-13-24(23)27-14-4-2-5-15-27/h8-13,19H,2-7,14-18H2,1H3,(H,26,29). The quantitative estimate of drug-likeness (QED) is 0.659. The van der Waals surface area contributed by atoms with E-state index < -0.39 is 10.0 Å². The Morgan fingerprint density at radius 3 is 2.18 bits per heavy atom. The van der Waals surface area contributed by atoms with Crippen LogP contribution in [0.3, 0.4) is 0 Å². The zero-order valence-corrected chi connectivity index (χ0v) is 20.1. The molecule has 2 fully saturated rings. The first-order valence-corrected chi connectivity index (χ1v) is 13.2. The average Bonchev–Trinajstić information content (AvgIpc) is 2.85. The summed E-state index contributed by atoms with van der Waals surface area (Å²) in [5.41, 5.74) is 2.31. The van der Waals surface area contributed by atoms with Gasteiger partial charge in [0.25, 0.3) is 0 Å². The molecule has 0 atom stereocenters. The lowest BCUT2D eigenvalue weighted by molar-refractivity contribution is -0.115. The second-order valence-electron chi connectivity index (χ2n) is 8.76. The summed E-state index contributed by atoms with van der Waals surface area (Å²) in [5, 5.41) is 3.01. The van der Waals surface area contributed by atoms with Gasteiger partial charge in [0, 0.05) is 26.2 Å². The summed E-state index contributed by atoms with van der Waals surface area (Å²) in [6.07, 6.45) is 6.41. The predicted molar refractivity (Wildman–Crippen MR) is 130 cm³/mol. The van der Waals surface area contributed by atoms with Gasteiger partial charge in [-0.05, 0) is 68.0 Å². The van der Waals surface area contributed by atoms with E-state index in [9.17, 15) is 13.2 Å². The molecule has 2 aliphatic heterocycles. The van der Waals surface area contributed by atoms with Crippen LogP contribution in [0, 0.1) is 0 Å². The molecule has 1 amide bonds. The van der Waals surface area contributed by atoms with Gasteiger partial charge in [0.2, 0.25) is 15.9 Å². The van der Waals surface area contributed by atoms with E-state index in [1.165, 1.54) is 6.42 Å². The number of piperidine rings is 2. The molecule has 2 aromatic carbocycles. The van der Waals surface area contributed by atoms with Crippen molar-refractivity contribution in [1.82, 2.24) is 4.31 Å². The van der Waals surface area contributed by atoms with Gasteiger partial charge >= 0.3 is 0 Å². The van der Waals surface area contributed by atoms with Crippen molar-refractivity contribution in [3.8, 4) is 5.75 Å². The fourth-order valence-electron chi connectivity index (χ4n) is 4.56. The second-order valence-corrected chi connectivity index (χ2v) is 10.7. The zero-order chi connectivity index (χ0) is 23.3. The average molecular weight is 472 g/mol. The van der Waals surface area contributed by atoms with Crippen LogP contribution in [0.25, 0.3) is 0 Å². The van der Waals surface area contributed by atoms with Gasteiger partial charge in [0.1, 0.15) is 5.75 Å². The topological polar surface area (TPSA) is 78.9 Å². The number of ether oxygens (including phenoxy) is 1. The second kappa shape index (κ2) is 10.6. The number of anilines is 2. The summed E-state index contributed by atoms with van der Waals surface area (Å²) in [4.78, 5) is 15.4. The number of rotatable bonds is 7. The van der Waals surface area contributed by atoms with Crippen molar-refractivity contribution in [1.29, 1.82) is 0 Å². The molecule has 0 aromatic heterocycles. The van der Waals surface area contributed by atoms with E-state index in [0.29, 0.717) is 18.8 Å². The molecule has 178 valence electrons. The van der Waals surface area contributed by atoms with Gasteiger partial charge in [-0.25, -0.2) is 8.42 Å². The number of sulfonamides is 1. The number of hydrogen-bond acceptors (Lipinski definition) is 5. The molecule has 1 N–H and O–H groups in total. The van der Waals surface area contributed by atoms with Crippen LogP contribution in [-0.2, 0) is 21.2 Å². The number of hydrogen-bond donors (Lipinski definition) is 1. The molecule has 4 rings (SSSR count). The molecule has 7 nitrogen and oxygen atoms in total. The number of benzene rings is 2. The third-order valence-corrected chi connectivity index (χ3v) is 8.31. The minimum atomic E-state index is -3.58. The molecule has 0 aliphatic carbocycles. The summed E-state index contributed by atoms with van der Waals surface area (Å²) in [7, 11) is -1.98.